The van der Waals surface area contributed by atoms with Crippen molar-refractivity contribution >= 4 is 29.0 Å². The van der Waals surface area contributed by atoms with Crippen molar-refractivity contribution in [2.24, 2.45) is 0 Å². The molecule has 1 aromatic heterocycles. The molecule has 0 saturated carbocycles. The minimum Gasteiger partial charge on any atom is -0.363 e. The molecule has 1 aromatic carbocycles. The van der Waals surface area contributed by atoms with Gasteiger partial charge in [-0.3, -0.25) is 14.5 Å². The lowest BCUT2D eigenvalue weighted by atomic mass is 10.2. The molecule has 0 radical (unpaired) electrons. The number of amides is 2. The summed E-state index contributed by atoms with van der Waals surface area (Å²) in [5, 5.41) is 5.82. The summed E-state index contributed by atoms with van der Waals surface area (Å²) in [5.41, 5.74) is 1.83. The van der Waals surface area contributed by atoms with Crippen molar-refractivity contribution in [3.8, 4) is 0 Å². The highest BCUT2D eigenvalue weighted by molar-refractivity contribution is 6.05. The topological polar surface area (TPSA) is 77.6 Å². The first-order chi connectivity index (χ1) is 14.0. The third kappa shape index (κ3) is 6.29. The van der Waals surface area contributed by atoms with E-state index in [-0.39, 0.29) is 11.8 Å². The quantitative estimate of drug-likeness (QED) is 0.785. The Bertz CT molecular complexity index is 845. The number of hydrogen-bond donors (Lipinski definition) is 2. The van der Waals surface area contributed by atoms with E-state index in [4.69, 9.17) is 0 Å². The lowest BCUT2D eigenvalue weighted by Crippen LogP contribution is -2.33. The van der Waals surface area contributed by atoms with E-state index in [9.17, 15) is 9.59 Å². The zero-order valence-electron chi connectivity index (χ0n) is 17.1. The van der Waals surface area contributed by atoms with Gasteiger partial charge in [-0.15, -0.1) is 0 Å². The molecule has 2 heterocycles. The zero-order valence-corrected chi connectivity index (χ0v) is 17.1. The van der Waals surface area contributed by atoms with Crippen molar-refractivity contribution in [1.82, 2.24) is 9.88 Å². The maximum atomic E-state index is 12.6. The van der Waals surface area contributed by atoms with Crippen LogP contribution in [0.2, 0.25) is 0 Å². The average molecular weight is 396 g/mol. The number of anilines is 3. The van der Waals surface area contributed by atoms with Crippen molar-refractivity contribution < 1.29 is 9.59 Å². The number of likely N-dealkylation sites (tertiary alicyclic amines) is 1. The Morgan fingerprint density at radius 1 is 1.00 bits per heavy atom. The van der Waals surface area contributed by atoms with E-state index in [2.05, 4.69) is 20.5 Å². The first-order valence-electron chi connectivity index (χ1n) is 10.1. The molecule has 2 amide bonds. The second-order valence-corrected chi connectivity index (χ2v) is 7.57. The number of rotatable bonds is 6. The van der Waals surface area contributed by atoms with E-state index in [1.54, 1.807) is 30.5 Å². The number of carbonyl (C=O) groups excluding carboxylic acids is 2. The molecule has 2 N–H and O–H groups in total. The zero-order chi connectivity index (χ0) is 20.6. The van der Waals surface area contributed by atoms with Gasteiger partial charge >= 0.3 is 0 Å². The first kappa shape index (κ1) is 20.8. The number of pyridine rings is 1. The summed E-state index contributed by atoms with van der Waals surface area (Å²) in [7, 11) is 3.75. The van der Waals surface area contributed by atoms with Gasteiger partial charge in [0.15, 0.2) is 0 Å². The molecule has 3 rings (SSSR count). The van der Waals surface area contributed by atoms with Gasteiger partial charge in [0, 0.05) is 37.2 Å². The lowest BCUT2D eigenvalue weighted by molar-refractivity contribution is -0.117. The van der Waals surface area contributed by atoms with Crippen LogP contribution in [0, 0.1) is 0 Å². The minimum atomic E-state index is -0.219. The number of carbonyl (C=O) groups is 2. The molecular weight excluding hydrogens is 366 g/mol. The minimum absolute atomic E-state index is 0.0277. The second kappa shape index (κ2) is 10.0. The van der Waals surface area contributed by atoms with Crippen molar-refractivity contribution in [2.75, 3.05) is 49.3 Å². The van der Waals surface area contributed by atoms with Crippen LogP contribution in [0.5, 0.6) is 0 Å². The summed E-state index contributed by atoms with van der Waals surface area (Å²) in [6.07, 6.45) is 6.41. The molecular formula is C22H29N5O2. The van der Waals surface area contributed by atoms with Gasteiger partial charge in [-0.2, -0.15) is 0 Å². The highest BCUT2D eigenvalue weighted by Crippen LogP contribution is 2.18. The van der Waals surface area contributed by atoms with Crippen LogP contribution >= 0.6 is 0 Å². The molecule has 0 spiro atoms. The Morgan fingerprint density at radius 2 is 1.69 bits per heavy atom. The van der Waals surface area contributed by atoms with Gasteiger partial charge in [0.05, 0.1) is 6.54 Å². The van der Waals surface area contributed by atoms with Crippen LogP contribution in [0.25, 0.3) is 0 Å². The van der Waals surface area contributed by atoms with Gasteiger partial charge in [-0.25, -0.2) is 4.98 Å². The molecule has 7 heteroatoms. The van der Waals surface area contributed by atoms with Gasteiger partial charge in [0.25, 0.3) is 5.91 Å². The lowest BCUT2D eigenvalue weighted by Gasteiger charge is -2.19. The molecule has 0 bridgehead atoms. The third-order valence-corrected chi connectivity index (χ3v) is 4.94. The van der Waals surface area contributed by atoms with E-state index in [1.807, 2.05) is 31.1 Å². The SMILES string of the molecule is CN(C)c1cc(C(=O)Nc2cccc(NC(=O)CN3CCCCCC3)c2)ccn1. The molecule has 29 heavy (non-hydrogen) atoms. The fraction of sp³-hybridized carbons (Fsp3) is 0.409. The standard InChI is InChI=1S/C22H29N5O2/c1-26(2)20-14-17(10-11-23-20)22(29)25-19-9-7-8-18(15-19)24-21(28)16-27-12-5-3-4-6-13-27/h7-11,14-15H,3-6,12-13,16H2,1-2H3,(H,24,28)(H,25,29). The summed E-state index contributed by atoms with van der Waals surface area (Å²) < 4.78 is 0. The second-order valence-electron chi connectivity index (χ2n) is 7.57. The summed E-state index contributed by atoms with van der Waals surface area (Å²) >= 11 is 0. The van der Waals surface area contributed by atoms with Crippen LogP contribution in [0.4, 0.5) is 17.2 Å². The maximum absolute atomic E-state index is 12.6. The van der Waals surface area contributed by atoms with Gasteiger partial charge in [-0.05, 0) is 56.3 Å². The Labute approximate surface area is 172 Å². The van der Waals surface area contributed by atoms with Crippen LogP contribution in [0.15, 0.2) is 42.6 Å². The van der Waals surface area contributed by atoms with Crippen LogP contribution in [0.1, 0.15) is 36.0 Å². The van der Waals surface area contributed by atoms with Crippen LogP contribution in [0.3, 0.4) is 0 Å². The summed E-state index contributed by atoms with van der Waals surface area (Å²) in [4.78, 5) is 33.2. The highest BCUT2D eigenvalue weighted by Gasteiger charge is 2.14. The molecule has 1 fully saturated rings. The molecule has 154 valence electrons. The number of nitrogens with one attached hydrogen (secondary N) is 2. The van der Waals surface area contributed by atoms with Gasteiger partial charge < -0.3 is 15.5 Å². The third-order valence-electron chi connectivity index (χ3n) is 4.94. The summed E-state index contributed by atoms with van der Waals surface area (Å²) in [6.45, 7) is 2.36. The average Bonchev–Trinajstić information content (AvgIpc) is 2.97. The van der Waals surface area contributed by atoms with E-state index in [0.717, 1.165) is 25.9 Å². The fourth-order valence-corrected chi connectivity index (χ4v) is 3.38. The first-order valence-corrected chi connectivity index (χ1v) is 10.1. The smallest absolute Gasteiger partial charge is 0.255 e. The molecule has 1 aliphatic heterocycles. The van der Waals surface area contributed by atoms with Crippen LogP contribution < -0.4 is 15.5 Å². The number of hydrogen-bond acceptors (Lipinski definition) is 5. The molecule has 7 nitrogen and oxygen atoms in total. The molecule has 0 unspecified atom stereocenters. The predicted octanol–water partition coefficient (Wildman–Crippen LogP) is 3.21. The molecule has 2 aromatic rings. The van der Waals surface area contributed by atoms with E-state index < -0.39 is 0 Å². The Morgan fingerprint density at radius 3 is 2.38 bits per heavy atom. The summed E-state index contributed by atoms with van der Waals surface area (Å²) in [6, 6.07) is 10.6. The van der Waals surface area contributed by atoms with Crippen LogP contribution in [-0.4, -0.2) is 55.4 Å². The highest BCUT2D eigenvalue weighted by atomic mass is 16.2. The Hall–Kier alpha value is -2.93. The number of benzene rings is 1. The maximum Gasteiger partial charge on any atom is 0.255 e. The summed E-state index contributed by atoms with van der Waals surface area (Å²) in [5.74, 6) is 0.468. The molecule has 0 aliphatic carbocycles. The van der Waals surface area contributed by atoms with Gasteiger partial charge in [-0.1, -0.05) is 18.9 Å². The number of nitrogens with zero attached hydrogens (tertiary/aromatic N) is 3. The monoisotopic (exact) mass is 395 g/mol. The van der Waals surface area contributed by atoms with E-state index in [0.29, 0.717) is 29.3 Å². The fourth-order valence-electron chi connectivity index (χ4n) is 3.38. The largest absolute Gasteiger partial charge is 0.363 e. The molecule has 0 atom stereocenters. The van der Waals surface area contributed by atoms with Crippen molar-refractivity contribution in [2.45, 2.75) is 25.7 Å². The van der Waals surface area contributed by atoms with Gasteiger partial charge in [0.1, 0.15) is 5.82 Å². The van der Waals surface area contributed by atoms with Crippen molar-refractivity contribution in [1.29, 1.82) is 0 Å². The predicted molar refractivity (Wildman–Crippen MR) is 116 cm³/mol. The van der Waals surface area contributed by atoms with Gasteiger partial charge in [0.2, 0.25) is 5.91 Å². The van der Waals surface area contributed by atoms with Crippen molar-refractivity contribution in [3.63, 3.8) is 0 Å². The Kier molecular flexibility index (Phi) is 7.19. The molecule has 1 saturated heterocycles. The normalized spacial score (nSPS) is 14.7. The van der Waals surface area contributed by atoms with Crippen molar-refractivity contribution in [3.05, 3.63) is 48.2 Å². The Balaban J connectivity index is 1.59. The number of aromatic nitrogens is 1. The van der Waals surface area contributed by atoms with E-state index in [1.165, 1.54) is 12.8 Å². The van der Waals surface area contributed by atoms with Crippen LogP contribution in [-0.2, 0) is 4.79 Å². The molecule has 1 aliphatic rings. The van der Waals surface area contributed by atoms with E-state index >= 15 is 0 Å².